The van der Waals surface area contributed by atoms with Crippen molar-refractivity contribution in [2.45, 2.75) is 6.54 Å². The van der Waals surface area contributed by atoms with Gasteiger partial charge in [-0.3, -0.25) is 14.6 Å². The van der Waals surface area contributed by atoms with Crippen LogP contribution in [0.25, 0.3) is 10.9 Å². The summed E-state index contributed by atoms with van der Waals surface area (Å²) >= 11 is 5.94. The van der Waals surface area contributed by atoms with Crippen molar-refractivity contribution in [2.75, 3.05) is 13.6 Å². The predicted octanol–water partition coefficient (Wildman–Crippen LogP) is 2.60. The van der Waals surface area contributed by atoms with Gasteiger partial charge in [0.2, 0.25) is 5.91 Å². The predicted molar refractivity (Wildman–Crippen MR) is 96.4 cm³/mol. The lowest BCUT2D eigenvalue weighted by Crippen LogP contribution is -2.38. The number of nitrogens with zero attached hydrogens (tertiary/aromatic N) is 2. The quantitative estimate of drug-likeness (QED) is 0.737. The lowest BCUT2D eigenvalue weighted by molar-refractivity contribution is -0.129. The van der Waals surface area contributed by atoms with Gasteiger partial charge in [0.15, 0.2) is 0 Å². The van der Waals surface area contributed by atoms with Gasteiger partial charge in [0, 0.05) is 29.2 Å². The molecule has 0 radical (unpaired) electrons. The number of likely N-dealkylation sites (N-methyl/N-ethyl adjacent to an activating group) is 1. The van der Waals surface area contributed by atoms with Gasteiger partial charge in [-0.05, 0) is 36.4 Å². The number of carbonyl (C=O) groups is 2. The van der Waals surface area contributed by atoms with Crippen molar-refractivity contribution in [3.05, 3.63) is 65.1 Å². The van der Waals surface area contributed by atoms with Crippen LogP contribution in [0.15, 0.2) is 48.7 Å². The van der Waals surface area contributed by atoms with Gasteiger partial charge in [0.05, 0.1) is 18.8 Å². The van der Waals surface area contributed by atoms with Crippen molar-refractivity contribution in [1.82, 2.24) is 20.2 Å². The first-order valence-corrected chi connectivity index (χ1v) is 8.11. The smallest absolute Gasteiger partial charge is 0.268 e. The summed E-state index contributed by atoms with van der Waals surface area (Å²) in [6, 6.07) is 12.6. The van der Waals surface area contributed by atoms with Crippen LogP contribution in [0, 0.1) is 0 Å². The molecule has 0 fully saturated rings. The molecule has 0 saturated carbocycles. The van der Waals surface area contributed by atoms with Crippen LogP contribution in [0.1, 0.15) is 16.2 Å². The highest BCUT2D eigenvalue weighted by Gasteiger charge is 2.14. The number of H-pyrrole nitrogens is 1. The summed E-state index contributed by atoms with van der Waals surface area (Å²) in [5.74, 6) is -0.537. The minimum atomic E-state index is -0.341. The normalized spacial score (nSPS) is 10.6. The summed E-state index contributed by atoms with van der Waals surface area (Å²) in [5, 5.41) is 4.07. The van der Waals surface area contributed by atoms with Crippen LogP contribution in [0.4, 0.5) is 0 Å². The lowest BCUT2D eigenvalue weighted by Gasteiger charge is -2.16. The summed E-state index contributed by atoms with van der Waals surface area (Å²) in [4.78, 5) is 33.1. The van der Waals surface area contributed by atoms with Gasteiger partial charge >= 0.3 is 0 Å². The molecule has 0 aliphatic carbocycles. The highest BCUT2D eigenvalue weighted by molar-refractivity contribution is 6.31. The third-order valence-corrected chi connectivity index (χ3v) is 4.01. The number of halogens is 1. The minimum Gasteiger partial charge on any atom is -0.351 e. The van der Waals surface area contributed by atoms with E-state index in [1.165, 1.54) is 4.90 Å². The molecule has 128 valence electrons. The van der Waals surface area contributed by atoms with E-state index in [0.29, 0.717) is 17.3 Å². The van der Waals surface area contributed by atoms with E-state index in [1.54, 1.807) is 37.5 Å². The number of hydrogen-bond acceptors (Lipinski definition) is 3. The number of carbonyl (C=O) groups excluding carboxylic acids is 2. The summed E-state index contributed by atoms with van der Waals surface area (Å²) in [5.41, 5.74) is 1.99. The first-order chi connectivity index (χ1) is 12.0. The number of hydrogen-bond donors (Lipinski definition) is 2. The summed E-state index contributed by atoms with van der Waals surface area (Å²) in [6.07, 6.45) is 1.68. The number of amides is 2. The van der Waals surface area contributed by atoms with Crippen LogP contribution in [-0.4, -0.2) is 40.3 Å². The molecule has 25 heavy (non-hydrogen) atoms. The Bertz CT molecular complexity index is 908. The second-order valence-corrected chi connectivity index (χ2v) is 6.10. The Kier molecular flexibility index (Phi) is 5.00. The van der Waals surface area contributed by atoms with Crippen molar-refractivity contribution < 1.29 is 9.59 Å². The number of aromatic nitrogens is 2. The van der Waals surface area contributed by atoms with Gasteiger partial charge < -0.3 is 15.2 Å². The number of rotatable bonds is 5. The van der Waals surface area contributed by atoms with Crippen LogP contribution >= 0.6 is 11.6 Å². The molecule has 0 saturated heterocycles. The van der Waals surface area contributed by atoms with Crippen molar-refractivity contribution in [3.63, 3.8) is 0 Å². The summed E-state index contributed by atoms with van der Waals surface area (Å²) in [6.45, 7) is 0.304. The Labute approximate surface area is 149 Å². The molecule has 2 heterocycles. The fourth-order valence-electron chi connectivity index (χ4n) is 2.43. The Morgan fingerprint density at radius 2 is 2.08 bits per heavy atom. The maximum absolute atomic E-state index is 12.2. The third kappa shape index (κ3) is 4.16. The summed E-state index contributed by atoms with van der Waals surface area (Å²) in [7, 11) is 1.67. The second kappa shape index (κ2) is 7.36. The first-order valence-electron chi connectivity index (χ1n) is 7.73. The zero-order valence-electron chi connectivity index (χ0n) is 13.6. The van der Waals surface area contributed by atoms with E-state index >= 15 is 0 Å². The molecule has 2 amide bonds. The van der Waals surface area contributed by atoms with Crippen LogP contribution < -0.4 is 5.32 Å². The monoisotopic (exact) mass is 356 g/mol. The molecule has 0 aliphatic heterocycles. The van der Waals surface area contributed by atoms with Crippen LogP contribution in [0.3, 0.4) is 0 Å². The van der Waals surface area contributed by atoms with Gasteiger partial charge in [-0.1, -0.05) is 17.7 Å². The van der Waals surface area contributed by atoms with E-state index in [4.69, 9.17) is 11.6 Å². The molecule has 7 heteroatoms. The molecule has 3 rings (SSSR count). The van der Waals surface area contributed by atoms with Crippen LogP contribution in [0.5, 0.6) is 0 Å². The van der Waals surface area contributed by atoms with E-state index in [9.17, 15) is 9.59 Å². The highest BCUT2D eigenvalue weighted by Crippen LogP contribution is 2.19. The Hall–Kier alpha value is -2.86. The molecule has 0 bridgehead atoms. The van der Waals surface area contributed by atoms with E-state index in [-0.39, 0.29) is 18.4 Å². The highest BCUT2D eigenvalue weighted by atomic mass is 35.5. The van der Waals surface area contributed by atoms with Gasteiger partial charge in [0.25, 0.3) is 5.91 Å². The lowest BCUT2D eigenvalue weighted by atomic mass is 10.2. The zero-order chi connectivity index (χ0) is 17.8. The van der Waals surface area contributed by atoms with Gasteiger partial charge in [-0.15, -0.1) is 0 Å². The number of nitrogens with one attached hydrogen (secondary N) is 2. The average Bonchev–Trinajstić information content (AvgIpc) is 3.03. The first kappa shape index (κ1) is 17.0. The molecule has 3 aromatic rings. The average molecular weight is 357 g/mol. The second-order valence-electron chi connectivity index (χ2n) is 5.67. The van der Waals surface area contributed by atoms with Crippen molar-refractivity contribution >= 4 is 34.3 Å². The fourth-order valence-corrected chi connectivity index (χ4v) is 2.62. The standard InChI is InChI=1S/C18H17ClN4O2/c1-23(11-14-4-2-3-7-20-14)17(24)10-21-18(25)16-9-12-8-13(19)5-6-15(12)22-16/h2-9,22H,10-11H2,1H3,(H,21,25). The van der Waals surface area contributed by atoms with Crippen molar-refractivity contribution in [3.8, 4) is 0 Å². The largest absolute Gasteiger partial charge is 0.351 e. The number of fused-ring (bicyclic) bond motifs is 1. The van der Waals surface area contributed by atoms with Gasteiger partial charge in [0.1, 0.15) is 5.69 Å². The fraction of sp³-hybridized carbons (Fsp3) is 0.167. The van der Waals surface area contributed by atoms with E-state index in [1.807, 2.05) is 18.2 Å². The summed E-state index contributed by atoms with van der Waals surface area (Å²) < 4.78 is 0. The van der Waals surface area contributed by atoms with E-state index in [0.717, 1.165) is 16.6 Å². The van der Waals surface area contributed by atoms with Gasteiger partial charge in [-0.25, -0.2) is 0 Å². The van der Waals surface area contributed by atoms with Crippen LogP contribution in [-0.2, 0) is 11.3 Å². The molecule has 0 atom stereocenters. The number of aromatic amines is 1. The molecule has 6 nitrogen and oxygen atoms in total. The molecule has 0 spiro atoms. The molecule has 2 aromatic heterocycles. The SMILES string of the molecule is CN(Cc1ccccn1)C(=O)CNC(=O)c1cc2cc(Cl)ccc2[nH]1. The molecular formula is C18H17ClN4O2. The Morgan fingerprint density at radius 1 is 1.24 bits per heavy atom. The molecule has 1 aromatic carbocycles. The topological polar surface area (TPSA) is 78.1 Å². The molecule has 2 N–H and O–H groups in total. The molecular weight excluding hydrogens is 340 g/mol. The zero-order valence-corrected chi connectivity index (χ0v) is 14.4. The number of pyridine rings is 1. The van der Waals surface area contributed by atoms with Gasteiger partial charge in [-0.2, -0.15) is 0 Å². The maximum atomic E-state index is 12.2. The Balaban J connectivity index is 1.58. The molecule has 0 aliphatic rings. The van der Waals surface area contributed by atoms with E-state index < -0.39 is 0 Å². The Morgan fingerprint density at radius 3 is 2.84 bits per heavy atom. The number of benzene rings is 1. The third-order valence-electron chi connectivity index (χ3n) is 3.78. The minimum absolute atomic E-state index is 0.0850. The maximum Gasteiger partial charge on any atom is 0.268 e. The van der Waals surface area contributed by atoms with Crippen molar-refractivity contribution in [2.24, 2.45) is 0 Å². The molecule has 0 unspecified atom stereocenters. The van der Waals surface area contributed by atoms with Crippen LogP contribution in [0.2, 0.25) is 5.02 Å². The van der Waals surface area contributed by atoms with Crippen molar-refractivity contribution in [1.29, 1.82) is 0 Å². The van der Waals surface area contributed by atoms with E-state index in [2.05, 4.69) is 15.3 Å².